The maximum atomic E-state index is 8.47. The van der Waals surface area contributed by atoms with Crippen molar-refractivity contribution in [3.8, 4) is 12.1 Å². The molecule has 0 heterocycles. The van der Waals surface area contributed by atoms with Gasteiger partial charge in [-0.2, -0.15) is 10.5 Å². The molecule has 0 amide bonds. The highest BCUT2D eigenvalue weighted by molar-refractivity contribution is 5.08. The molecule has 1 aliphatic carbocycles. The SMILES string of the molecule is N#CC1[CH]CC(C#N)[CH]C1. The van der Waals surface area contributed by atoms with Crippen molar-refractivity contribution in [3.05, 3.63) is 12.8 Å². The maximum absolute atomic E-state index is 8.47. The minimum absolute atomic E-state index is 0.0459. The Labute approximate surface area is 61.1 Å². The fourth-order valence-corrected chi connectivity index (χ4v) is 1.03. The highest BCUT2D eigenvalue weighted by Gasteiger charge is 2.20. The molecule has 10 heavy (non-hydrogen) atoms. The lowest BCUT2D eigenvalue weighted by Crippen LogP contribution is -2.12. The van der Waals surface area contributed by atoms with Crippen LogP contribution in [-0.2, 0) is 0 Å². The lowest BCUT2D eigenvalue weighted by molar-refractivity contribution is 0.549. The van der Waals surface area contributed by atoms with Gasteiger partial charge in [-0.25, -0.2) is 0 Å². The fourth-order valence-electron chi connectivity index (χ4n) is 1.03. The average molecular weight is 132 g/mol. The summed E-state index contributed by atoms with van der Waals surface area (Å²) in [5.74, 6) is 0.0919. The highest BCUT2D eigenvalue weighted by atomic mass is 14.3. The van der Waals surface area contributed by atoms with Gasteiger partial charge in [-0.15, -0.1) is 0 Å². The molecule has 0 aromatic rings. The van der Waals surface area contributed by atoms with Crippen LogP contribution in [0.5, 0.6) is 0 Å². The van der Waals surface area contributed by atoms with Crippen LogP contribution in [-0.4, -0.2) is 0 Å². The van der Waals surface area contributed by atoms with Crippen LogP contribution in [0.15, 0.2) is 0 Å². The summed E-state index contributed by atoms with van der Waals surface area (Å²) in [4.78, 5) is 0. The van der Waals surface area contributed by atoms with Crippen molar-refractivity contribution in [2.24, 2.45) is 11.8 Å². The van der Waals surface area contributed by atoms with E-state index in [-0.39, 0.29) is 11.8 Å². The number of nitrogens with zero attached hydrogens (tertiary/aromatic N) is 2. The molecular formula is C8H8N2. The molecule has 1 rings (SSSR count). The number of rotatable bonds is 0. The summed E-state index contributed by atoms with van der Waals surface area (Å²) in [7, 11) is 0. The van der Waals surface area contributed by atoms with E-state index in [0.29, 0.717) is 0 Å². The highest BCUT2D eigenvalue weighted by Crippen LogP contribution is 2.25. The smallest absolute Gasteiger partial charge is 0.0658 e. The summed E-state index contributed by atoms with van der Waals surface area (Å²) in [5.41, 5.74) is 0. The normalized spacial score (nSPS) is 32.2. The van der Waals surface area contributed by atoms with Gasteiger partial charge in [0, 0.05) is 11.8 Å². The van der Waals surface area contributed by atoms with Gasteiger partial charge in [-0.1, -0.05) is 0 Å². The summed E-state index contributed by atoms with van der Waals surface area (Å²) < 4.78 is 0. The molecule has 2 unspecified atom stereocenters. The predicted molar refractivity (Wildman–Crippen MR) is 36.0 cm³/mol. The van der Waals surface area contributed by atoms with Gasteiger partial charge in [0.15, 0.2) is 0 Å². The van der Waals surface area contributed by atoms with E-state index in [0.717, 1.165) is 12.8 Å². The summed E-state index contributed by atoms with van der Waals surface area (Å²) in [6.45, 7) is 0. The zero-order valence-corrected chi connectivity index (χ0v) is 5.62. The Morgan fingerprint density at radius 2 is 1.40 bits per heavy atom. The van der Waals surface area contributed by atoms with Gasteiger partial charge in [-0.05, 0) is 25.7 Å². The minimum atomic E-state index is 0.0459. The zero-order chi connectivity index (χ0) is 7.40. The third-order valence-electron chi connectivity index (χ3n) is 1.68. The Hall–Kier alpha value is -1.02. The van der Waals surface area contributed by atoms with E-state index in [1.54, 1.807) is 0 Å². The molecule has 0 bridgehead atoms. The fraction of sp³-hybridized carbons (Fsp3) is 0.500. The largest absolute Gasteiger partial charge is 0.198 e. The topological polar surface area (TPSA) is 47.6 Å². The number of hydrogen-bond acceptors (Lipinski definition) is 2. The quantitative estimate of drug-likeness (QED) is 0.501. The van der Waals surface area contributed by atoms with Crippen LogP contribution < -0.4 is 0 Å². The molecule has 0 N–H and O–H groups in total. The summed E-state index contributed by atoms with van der Waals surface area (Å²) >= 11 is 0. The first kappa shape index (κ1) is 7.09. The first-order valence-electron chi connectivity index (χ1n) is 3.32. The predicted octanol–water partition coefficient (Wildman–Crippen LogP) is 1.47. The average Bonchev–Trinajstić information content (AvgIpc) is 2.05. The molecule has 0 saturated heterocycles. The van der Waals surface area contributed by atoms with Gasteiger partial charge >= 0.3 is 0 Å². The van der Waals surface area contributed by atoms with Crippen LogP contribution in [0.4, 0.5) is 0 Å². The Bertz CT molecular complexity index is 154. The molecule has 2 radical (unpaired) electrons. The van der Waals surface area contributed by atoms with Gasteiger partial charge in [0.1, 0.15) is 0 Å². The van der Waals surface area contributed by atoms with E-state index in [4.69, 9.17) is 10.5 Å². The molecule has 50 valence electrons. The van der Waals surface area contributed by atoms with E-state index >= 15 is 0 Å². The maximum Gasteiger partial charge on any atom is 0.0658 e. The van der Waals surface area contributed by atoms with Crippen molar-refractivity contribution in [2.75, 3.05) is 0 Å². The second-order valence-electron chi connectivity index (χ2n) is 2.41. The Balaban J connectivity index is 2.34. The Morgan fingerprint density at radius 1 is 1.00 bits per heavy atom. The molecule has 1 saturated carbocycles. The van der Waals surface area contributed by atoms with Crippen LogP contribution in [0.2, 0.25) is 0 Å². The second kappa shape index (κ2) is 3.22. The van der Waals surface area contributed by atoms with Crippen LogP contribution >= 0.6 is 0 Å². The molecule has 1 fully saturated rings. The van der Waals surface area contributed by atoms with Crippen LogP contribution in [0.1, 0.15) is 12.8 Å². The Kier molecular flexibility index (Phi) is 2.29. The molecule has 2 nitrogen and oxygen atoms in total. The summed E-state index contributed by atoms with van der Waals surface area (Å²) in [5, 5.41) is 16.9. The molecule has 0 aromatic carbocycles. The Morgan fingerprint density at radius 3 is 1.60 bits per heavy atom. The molecule has 0 aliphatic heterocycles. The monoisotopic (exact) mass is 132 g/mol. The minimum Gasteiger partial charge on any atom is -0.198 e. The van der Waals surface area contributed by atoms with Gasteiger partial charge < -0.3 is 0 Å². The van der Waals surface area contributed by atoms with Crippen LogP contribution in [0, 0.1) is 47.3 Å². The van der Waals surface area contributed by atoms with E-state index in [1.807, 2.05) is 12.8 Å². The number of hydrogen-bond donors (Lipinski definition) is 0. The lowest BCUT2D eigenvalue weighted by Gasteiger charge is -2.17. The summed E-state index contributed by atoms with van der Waals surface area (Å²) in [6.07, 6.45) is 5.34. The van der Waals surface area contributed by atoms with E-state index in [2.05, 4.69) is 12.1 Å². The van der Waals surface area contributed by atoms with Gasteiger partial charge in [0.05, 0.1) is 12.1 Å². The first-order chi connectivity index (χ1) is 4.86. The van der Waals surface area contributed by atoms with Crippen molar-refractivity contribution < 1.29 is 0 Å². The van der Waals surface area contributed by atoms with Crippen molar-refractivity contribution in [1.82, 2.24) is 0 Å². The van der Waals surface area contributed by atoms with Crippen molar-refractivity contribution in [3.63, 3.8) is 0 Å². The van der Waals surface area contributed by atoms with Crippen molar-refractivity contribution in [2.45, 2.75) is 12.8 Å². The standard InChI is InChI=1S/C8H8N2/c9-5-7-1-2-8(6-10)4-3-7/h1,4,7-8H,2-3H2. The number of nitriles is 2. The van der Waals surface area contributed by atoms with Gasteiger partial charge in [0.25, 0.3) is 0 Å². The van der Waals surface area contributed by atoms with Gasteiger partial charge in [-0.3, -0.25) is 0 Å². The molecule has 1 aliphatic rings. The van der Waals surface area contributed by atoms with E-state index in [1.165, 1.54) is 0 Å². The lowest BCUT2D eigenvalue weighted by atomic mass is 9.84. The van der Waals surface area contributed by atoms with E-state index < -0.39 is 0 Å². The van der Waals surface area contributed by atoms with Crippen LogP contribution in [0.25, 0.3) is 0 Å². The summed E-state index contributed by atoms with van der Waals surface area (Å²) in [6, 6.07) is 4.30. The second-order valence-corrected chi connectivity index (χ2v) is 2.41. The molecule has 0 spiro atoms. The van der Waals surface area contributed by atoms with E-state index in [9.17, 15) is 0 Å². The van der Waals surface area contributed by atoms with Crippen molar-refractivity contribution in [1.29, 1.82) is 10.5 Å². The molecular weight excluding hydrogens is 124 g/mol. The third kappa shape index (κ3) is 1.48. The third-order valence-corrected chi connectivity index (χ3v) is 1.68. The first-order valence-corrected chi connectivity index (χ1v) is 3.32. The van der Waals surface area contributed by atoms with Crippen molar-refractivity contribution >= 4 is 0 Å². The molecule has 2 heteroatoms. The molecule has 2 atom stereocenters. The van der Waals surface area contributed by atoms with Crippen LogP contribution in [0.3, 0.4) is 0 Å². The molecule has 0 aromatic heterocycles. The van der Waals surface area contributed by atoms with Gasteiger partial charge in [0.2, 0.25) is 0 Å². The zero-order valence-electron chi connectivity index (χ0n) is 5.62.